The smallest absolute Gasteiger partial charge is 0.323 e. The SMILES string of the molecule is C=C(C)CNC(=O)NCC(=O)O. The largest absolute Gasteiger partial charge is 0.480 e. The normalized spacial score (nSPS) is 8.75. The van der Waals surface area contributed by atoms with Crippen molar-refractivity contribution in [2.75, 3.05) is 13.1 Å². The minimum absolute atomic E-state index is 0.353. The zero-order valence-electron chi connectivity index (χ0n) is 6.89. The second-order valence-corrected chi connectivity index (χ2v) is 2.39. The lowest BCUT2D eigenvalue weighted by atomic mass is 10.3. The van der Waals surface area contributed by atoms with Crippen LogP contribution in [-0.2, 0) is 4.79 Å². The Morgan fingerprint density at radius 1 is 1.33 bits per heavy atom. The molecule has 5 nitrogen and oxygen atoms in total. The van der Waals surface area contributed by atoms with Crippen LogP contribution in [-0.4, -0.2) is 30.2 Å². The lowest BCUT2D eigenvalue weighted by Crippen LogP contribution is -2.38. The molecule has 0 atom stereocenters. The lowest BCUT2D eigenvalue weighted by molar-refractivity contribution is -0.135. The highest BCUT2D eigenvalue weighted by molar-refractivity contribution is 5.79. The number of rotatable bonds is 4. The predicted octanol–water partition coefficient (Wildman–Crippen LogP) is -0.0537. The van der Waals surface area contributed by atoms with Gasteiger partial charge in [0.1, 0.15) is 6.54 Å². The Balaban J connectivity index is 3.47. The Labute approximate surface area is 70.5 Å². The molecule has 0 saturated carbocycles. The van der Waals surface area contributed by atoms with Gasteiger partial charge in [-0.2, -0.15) is 0 Å². The number of amides is 2. The van der Waals surface area contributed by atoms with Crippen molar-refractivity contribution in [1.82, 2.24) is 10.6 Å². The van der Waals surface area contributed by atoms with Gasteiger partial charge in [-0.3, -0.25) is 4.79 Å². The Morgan fingerprint density at radius 3 is 2.25 bits per heavy atom. The minimum atomic E-state index is -1.07. The average molecular weight is 172 g/mol. The van der Waals surface area contributed by atoms with Gasteiger partial charge < -0.3 is 15.7 Å². The first-order valence-corrected chi connectivity index (χ1v) is 3.40. The molecule has 0 saturated heterocycles. The van der Waals surface area contributed by atoms with Gasteiger partial charge in [0.15, 0.2) is 0 Å². The highest BCUT2D eigenvalue weighted by Gasteiger charge is 2.01. The van der Waals surface area contributed by atoms with Crippen molar-refractivity contribution >= 4 is 12.0 Å². The quantitative estimate of drug-likeness (QED) is 0.520. The molecule has 0 aromatic heterocycles. The van der Waals surface area contributed by atoms with Gasteiger partial charge in [0, 0.05) is 6.54 Å². The average Bonchev–Trinajstić information content (AvgIpc) is 1.96. The van der Waals surface area contributed by atoms with E-state index in [1.807, 2.05) is 0 Å². The monoisotopic (exact) mass is 172 g/mol. The molecule has 0 radical (unpaired) electrons. The van der Waals surface area contributed by atoms with Crippen molar-refractivity contribution in [2.45, 2.75) is 6.92 Å². The van der Waals surface area contributed by atoms with Crippen LogP contribution in [0.1, 0.15) is 6.92 Å². The fourth-order valence-electron chi connectivity index (χ4n) is 0.450. The zero-order valence-corrected chi connectivity index (χ0v) is 6.89. The number of carbonyl (C=O) groups excluding carboxylic acids is 1. The van der Waals surface area contributed by atoms with Crippen LogP contribution in [0, 0.1) is 0 Å². The van der Waals surface area contributed by atoms with Crippen molar-refractivity contribution in [2.24, 2.45) is 0 Å². The molecule has 0 aliphatic heterocycles. The second kappa shape index (κ2) is 5.17. The highest BCUT2D eigenvalue weighted by Crippen LogP contribution is 1.80. The van der Waals surface area contributed by atoms with E-state index in [1.165, 1.54) is 0 Å². The summed E-state index contributed by atoms with van der Waals surface area (Å²) in [7, 11) is 0. The number of carboxylic acid groups (broad SMARTS) is 1. The number of aliphatic carboxylic acids is 1. The van der Waals surface area contributed by atoms with Gasteiger partial charge >= 0.3 is 12.0 Å². The maximum Gasteiger partial charge on any atom is 0.323 e. The first-order valence-electron chi connectivity index (χ1n) is 3.40. The Morgan fingerprint density at radius 2 is 1.83 bits per heavy atom. The number of nitrogens with one attached hydrogen (secondary N) is 2. The van der Waals surface area contributed by atoms with E-state index in [2.05, 4.69) is 17.2 Å². The molecular weight excluding hydrogens is 160 g/mol. The van der Waals surface area contributed by atoms with Gasteiger partial charge in [-0.05, 0) is 6.92 Å². The third-order valence-corrected chi connectivity index (χ3v) is 0.951. The van der Waals surface area contributed by atoms with Crippen LogP contribution >= 0.6 is 0 Å². The van der Waals surface area contributed by atoms with Crippen molar-refractivity contribution in [1.29, 1.82) is 0 Å². The minimum Gasteiger partial charge on any atom is -0.480 e. The van der Waals surface area contributed by atoms with Crippen LogP contribution in [0.25, 0.3) is 0 Å². The molecule has 0 aliphatic rings. The second-order valence-electron chi connectivity index (χ2n) is 2.39. The van der Waals surface area contributed by atoms with Gasteiger partial charge in [-0.25, -0.2) is 4.79 Å². The van der Waals surface area contributed by atoms with Crippen molar-refractivity contribution in [3.05, 3.63) is 12.2 Å². The standard InChI is InChI=1S/C7H12N2O3/c1-5(2)3-8-7(12)9-4-6(10)11/h1,3-4H2,2H3,(H,10,11)(H2,8,9,12). The molecule has 0 aliphatic carbocycles. The van der Waals surface area contributed by atoms with Gasteiger partial charge in [-0.15, -0.1) is 0 Å². The molecule has 0 heterocycles. The Bertz CT molecular complexity index is 181. The van der Waals surface area contributed by atoms with Gasteiger partial charge in [0.05, 0.1) is 0 Å². The summed E-state index contributed by atoms with van der Waals surface area (Å²) in [5.74, 6) is -1.07. The van der Waals surface area contributed by atoms with Gasteiger partial charge in [0.25, 0.3) is 0 Å². The van der Waals surface area contributed by atoms with E-state index in [9.17, 15) is 9.59 Å². The Kier molecular flexibility index (Phi) is 4.52. The van der Waals surface area contributed by atoms with Crippen molar-refractivity contribution < 1.29 is 14.7 Å². The first-order chi connectivity index (χ1) is 5.52. The van der Waals surface area contributed by atoms with Crippen molar-refractivity contribution in [3.63, 3.8) is 0 Å². The van der Waals surface area contributed by atoms with Crippen LogP contribution in [0.3, 0.4) is 0 Å². The highest BCUT2D eigenvalue weighted by atomic mass is 16.4. The summed E-state index contributed by atoms with van der Waals surface area (Å²) in [6, 6.07) is -0.500. The fraction of sp³-hybridized carbons (Fsp3) is 0.429. The molecule has 12 heavy (non-hydrogen) atoms. The Hall–Kier alpha value is -1.52. The van der Waals surface area contributed by atoms with E-state index in [1.54, 1.807) is 6.92 Å². The predicted molar refractivity (Wildman–Crippen MR) is 43.9 cm³/mol. The number of hydrogen-bond acceptors (Lipinski definition) is 2. The molecule has 0 fully saturated rings. The zero-order chi connectivity index (χ0) is 9.56. The maximum atomic E-state index is 10.7. The molecule has 0 unspecified atom stereocenters. The summed E-state index contributed by atoms with van der Waals surface area (Å²) in [6.45, 7) is 5.30. The van der Waals surface area contributed by atoms with Crippen LogP contribution in [0.2, 0.25) is 0 Å². The first kappa shape index (κ1) is 10.5. The van der Waals surface area contributed by atoms with E-state index >= 15 is 0 Å². The third kappa shape index (κ3) is 6.60. The van der Waals surface area contributed by atoms with Crippen LogP contribution in [0.4, 0.5) is 4.79 Å². The van der Waals surface area contributed by atoms with Gasteiger partial charge in [-0.1, -0.05) is 12.2 Å². The molecule has 0 rings (SSSR count). The maximum absolute atomic E-state index is 10.7. The molecule has 0 spiro atoms. The van der Waals surface area contributed by atoms with Crippen LogP contribution in [0.5, 0.6) is 0 Å². The van der Waals surface area contributed by atoms with Crippen LogP contribution in [0.15, 0.2) is 12.2 Å². The molecular formula is C7H12N2O3. The molecule has 0 aromatic rings. The van der Waals surface area contributed by atoms with E-state index < -0.39 is 12.0 Å². The number of hydrogen-bond donors (Lipinski definition) is 3. The third-order valence-electron chi connectivity index (χ3n) is 0.951. The topological polar surface area (TPSA) is 78.4 Å². The summed E-state index contributed by atoms with van der Waals surface area (Å²) in [5, 5.41) is 12.8. The van der Waals surface area contributed by atoms with Crippen LogP contribution < -0.4 is 10.6 Å². The molecule has 3 N–H and O–H groups in total. The summed E-state index contributed by atoms with van der Waals surface area (Å²) in [5.41, 5.74) is 0.806. The van der Waals surface area contributed by atoms with E-state index in [0.29, 0.717) is 6.54 Å². The molecule has 68 valence electrons. The van der Waals surface area contributed by atoms with Gasteiger partial charge in [0.2, 0.25) is 0 Å². The summed E-state index contributed by atoms with van der Waals surface area (Å²) in [4.78, 5) is 20.7. The summed E-state index contributed by atoms with van der Waals surface area (Å²) in [6.07, 6.45) is 0. The fourth-order valence-corrected chi connectivity index (χ4v) is 0.450. The molecule has 0 bridgehead atoms. The number of carboxylic acids is 1. The molecule has 2 amide bonds. The lowest BCUT2D eigenvalue weighted by Gasteiger charge is -2.04. The van der Waals surface area contributed by atoms with E-state index in [-0.39, 0.29) is 6.54 Å². The molecule has 0 aromatic carbocycles. The van der Waals surface area contributed by atoms with Crippen molar-refractivity contribution in [3.8, 4) is 0 Å². The number of urea groups is 1. The summed E-state index contributed by atoms with van der Waals surface area (Å²) >= 11 is 0. The molecule has 5 heteroatoms. The number of carbonyl (C=O) groups is 2. The van der Waals surface area contributed by atoms with E-state index in [4.69, 9.17) is 5.11 Å². The van der Waals surface area contributed by atoms with E-state index in [0.717, 1.165) is 5.57 Å². The summed E-state index contributed by atoms with van der Waals surface area (Å²) < 4.78 is 0.